The largest absolute Gasteiger partial charge is 0.507 e. The van der Waals surface area contributed by atoms with Crippen molar-refractivity contribution in [3.05, 3.63) is 53.6 Å². The van der Waals surface area contributed by atoms with Gasteiger partial charge in [-0.1, -0.05) is 90.4 Å². The number of carbonyl (C=O) groups is 1. The fourth-order valence-corrected chi connectivity index (χ4v) is 4.25. The molecule has 0 aliphatic rings. The molecule has 0 aliphatic heterocycles. The zero-order valence-electron chi connectivity index (χ0n) is 23.1. The van der Waals surface area contributed by atoms with Crippen LogP contribution >= 0.6 is 0 Å². The minimum Gasteiger partial charge on any atom is -0.507 e. The average molecular weight is 510 g/mol. The number of unbranched alkanes of at least 4 members (excludes halogenated alkanes) is 13. The third-order valence-electron chi connectivity index (χ3n) is 6.50. The third-order valence-corrected chi connectivity index (χ3v) is 6.50. The predicted octanol–water partition coefficient (Wildman–Crippen LogP) is 9.18. The maximum Gasteiger partial charge on any atom is 0.338 e. The van der Waals surface area contributed by atoms with Crippen LogP contribution in [0, 0.1) is 0 Å². The normalized spacial score (nSPS) is 11.2. The molecule has 0 aliphatic carbocycles. The molecule has 0 saturated heterocycles. The second-order valence-electron chi connectivity index (χ2n) is 9.69. The zero-order chi connectivity index (χ0) is 26.6. The molecule has 0 radical (unpaired) electrons. The zero-order valence-corrected chi connectivity index (χ0v) is 23.1. The summed E-state index contributed by atoms with van der Waals surface area (Å²) in [5.74, 6) is 0.453. The summed E-state index contributed by atoms with van der Waals surface area (Å²) in [6, 6.07) is 12.1. The Bertz CT molecular complexity index is 908. The number of aliphatic imine (C=N–C) groups is 1. The van der Waals surface area contributed by atoms with Crippen LogP contribution in [0.2, 0.25) is 0 Å². The van der Waals surface area contributed by atoms with Crippen molar-refractivity contribution in [3.8, 4) is 11.5 Å². The van der Waals surface area contributed by atoms with E-state index in [1.165, 1.54) is 83.5 Å². The lowest BCUT2D eigenvalue weighted by atomic mass is 10.0. The van der Waals surface area contributed by atoms with Crippen molar-refractivity contribution in [2.24, 2.45) is 4.99 Å². The number of carbonyl (C=O) groups excluding carboxylic acids is 1. The number of aromatic hydroxyl groups is 1. The highest BCUT2D eigenvalue weighted by atomic mass is 16.5. The highest BCUT2D eigenvalue weighted by Gasteiger charge is 2.06. The molecule has 2 aromatic carbocycles. The summed E-state index contributed by atoms with van der Waals surface area (Å²) in [7, 11) is 0. The van der Waals surface area contributed by atoms with Crippen molar-refractivity contribution in [3.63, 3.8) is 0 Å². The van der Waals surface area contributed by atoms with Gasteiger partial charge < -0.3 is 14.6 Å². The van der Waals surface area contributed by atoms with Crippen molar-refractivity contribution < 1.29 is 19.4 Å². The molecule has 1 N–H and O–H groups in total. The van der Waals surface area contributed by atoms with Crippen LogP contribution in [0.4, 0.5) is 5.69 Å². The first-order chi connectivity index (χ1) is 18.1. The molecule has 5 nitrogen and oxygen atoms in total. The van der Waals surface area contributed by atoms with Crippen molar-refractivity contribution in [2.45, 2.75) is 104 Å². The summed E-state index contributed by atoms with van der Waals surface area (Å²) >= 11 is 0. The standard InChI is InChI=1S/C32H47NO4/c1-3-5-6-7-8-9-10-11-12-13-14-15-16-17-24-37-30-23-20-28(31(34)25-30)26-33-29-21-18-27(19-22-29)32(35)36-4-2/h18-23,25-26,34H,3-17,24H2,1-2H3. The van der Waals surface area contributed by atoms with E-state index in [1.807, 2.05) is 6.07 Å². The Morgan fingerprint density at radius 2 is 1.35 bits per heavy atom. The van der Waals surface area contributed by atoms with Crippen LogP contribution in [0.5, 0.6) is 11.5 Å². The van der Waals surface area contributed by atoms with E-state index in [4.69, 9.17) is 9.47 Å². The molecule has 0 aromatic heterocycles. The molecule has 0 saturated carbocycles. The summed E-state index contributed by atoms with van der Waals surface area (Å²) in [5.41, 5.74) is 1.79. The Hall–Kier alpha value is -2.82. The molecule has 204 valence electrons. The predicted molar refractivity (Wildman–Crippen MR) is 154 cm³/mol. The van der Waals surface area contributed by atoms with Crippen LogP contribution in [0.15, 0.2) is 47.5 Å². The lowest BCUT2D eigenvalue weighted by Gasteiger charge is -2.08. The topological polar surface area (TPSA) is 68.1 Å². The first-order valence-corrected chi connectivity index (χ1v) is 14.4. The molecule has 0 fully saturated rings. The maximum atomic E-state index is 11.7. The molecule has 2 rings (SSSR count). The van der Waals surface area contributed by atoms with E-state index < -0.39 is 0 Å². The van der Waals surface area contributed by atoms with Crippen LogP contribution in [0.3, 0.4) is 0 Å². The van der Waals surface area contributed by atoms with Gasteiger partial charge in [-0.25, -0.2) is 4.79 Å². The first-order valence-electron chi connectivity index (χ1n) is 14.4. The smallest absolute Gasteiger partial charge is 0.338 e. The molecule has 2 aromatic rings. The molecule has 0 amide bonds. The van der Waals surface area contributed by atoms with E-state index in [2.05, 4.69) is 11.9 Å². The monoisotopic (exact) mass is 509 g/mol. The Labute approximate surface area is 224 Å². The quantitative estimate of drug-likeness (QED) is 0.110. The highest BCUT2D eigenvalue weighted by Crippen LogP contribution is 2.24. The van der Waals surface area contributed by atoms with Crippen LogP contribution < -0.4 is 4.74 Å². The van der Waals surface area contributed by atoms with Gasteiger partial charge in [0.2, 0.25) is 0 Å². The number of ether oxygens (including phenoxy) is 2. The minimum absolute atomic E-state index is 0.130. The molecule has 0 bridgehead atoms. The number of hydrogen-bond acceptors (Lipinski definition) is 5. The van der Waals surface area contributed by atoms with Gasteiger partial charge in [0.25, 0.3) is 0 Å². The second kappa shape index (κ2) is 19.3. The van der Waals surface area contributed by atoms with Gasteiger partial charge in [-0.05, 0) is 49.7 Å². The Balaban J connectivity index is 1.55. The lowest BCUT2D eigenvalue weighted by Crippen LogP contribution is -2.03. The van der Waals surface area contributed by atoms with Gasteiger partial charge in [-0.3, -0.25) is 4.99 Å². The van der Waals surface area contributed by atoms with E-state index in [0.717, 1.165) is 6.42 Å². The maximum absolute atomic E-state index is 11.7. The number of benzene rings is 2. The van der Waals surface area contributed by atoms with Crippen molar-refractivity contribution in [1.29, 1.82) is 0 Å². The molecule has 37 heavy (non-hydrogen) atoms. The first kappa shape index (κ1) is 30.4. The van der Waals surface area contributed by atoms with Gasteiger partial charge in [-0.15, -0.1) is 0 Å². The number of hydrogen-bond donors (Lipinski definition) is 1. The van der Waals surface area contributed by atoms with Crippen LogP contribution in [-0.2, 0) is 4.74 Å². The molecule has 0 unspecified atom stereocenters. The molecule has 0 heterocycles. The second-order valence-corrected chi connectivity index (χ2v) is 9.69. The Morgan fingerprint density at radius 1 is 0.784 bits per heavy atom. The fourth-order valence-electron chi connectivity index (χ4n) is 4.25. The molecule has 0 spiro atoms. The molecular formula is C32H47NO4. The average Bonchev–Trinajstić information content (AvgIpc) is 2.91. The van der Waals surface area contributed by atoms with Crippen LogP contribution in [0.25, 0.3) is 0 Å². The van der Waals surface area contributed by atoms with Crippen molar-refractivity contribution in [2.75, 3.05) is 13.2 Å². The van der Waals surface area contributed by atoms with E-state index in [0.29, 0.717) is 35.8 Å². The SMILES string of the molecule is CCCCCCCCCCCCCCCCOc1ccc(C=Nc2ccc(C(=O)OCC)cc2)c(O)c1. The van der Waals surface area contributed by atoms with Crippen molar-refractivity contribution >= 4 is 17.9 Å². The van der Waals surface area contributed by atoms with Gasteiger partial charge in [0.1, 0.15) is 11.5 Å². The van der Waals surface area contributed by atoms with Gasteiger partial charge in [0, 0.05) is 17.8 Å². The number of esters is 1. The number of rotatable bonds is 20. The summed E-state index contributed by atoms with van der Waals surface area (Å²) in [6.45, 7) is 5.06. The molecular weight excluding hydrogens is 462 g/mol. The van der Waals surface area contributed by atoms with Gasteiger partial charge >= 0.3 is 5.97 Å². The molecule has 0 atom stereocenters. The number of phenols is 1. The number of phenolic OH excluding ortho intramolecular Hbond substituents is 1. The molecule has 5 heteroatoms. The fraction of sp³-hybridized carbons (Fsp3) is 0.562. The summed E-state index contributed by atoms with van der Waals surface area (Å²) < 4.78 is 10.8. The highest BCUT2D eigenvalue weighted by molar-refractivity contribution is 5.90. The summed E-state index contributed by atoms with van der Waals surface area (Å²) in [5, 5.41) is 10.3. The number of nitrogens with zero attached hydrogens (tertiary/aromatic N) is 1. The summed E-state index contributed by atoms with van der Waals surface area (Å²) in [6.07, 6.45) is 20.3. The Morgan fingerprint density at radius 3 is 1.89 bits per heavy atom. The van der Waals surface area contributed by atoms with Gasteiger partial charge in [-0.2, -0.15) is 0 Å². The Kier molecular flexibility index (Phi) is 15.9. The minimum atomic E-state index is -0.347. The lowest BCUT2D eigenvalue weighted by molar-refractivity contribution is 0.0526. The van der Waals surface area contributed by atoms with E-state index in [9.17, 15) is 9.90 Å². The summed E-state index contributed by atoms with van der Waals surface area (Å²) in [4.78, 5) is 16.1. The van der Waals surface area contributed by atoms with E-state index in [1.54, 1.807) is 49.5 Å². The van der Waals surface area contributed by atoms with Crippen LogP contribution in [-0.4, -0.2) is 30.5 Å². The van der Waals surface area contributed by atoms with E-state index >= 15 is 0 Å². The van der Waals surface area contributed by atoms with Crippen molar-refractivity contribution in [1.82, 2.24) is 0 Å². The van der Waals surface area contributed by atoms with E-state index in [-0.39, 0.29) is 11.7 Å². The third kappa shape index (κ3) is 13.3. The van der Waals surface area contributed by atoms with Crippen LogP contribution in [0.1, 0.15) is 120 Å². The van der Waals surface area contributed by atoms with Gasteiger partial charge in [0.15, 0.2) is 0 Å². The van der Waals surface area contributed by atoms with Gasteiger partial charge in [0.05, 0.1) is 24.5 Å².